The fourth-order valence-corrected chi connectivity index (χ4v) is 8.37. The zero-order valence-corrected chi connectivity index (χ0v) is 28.2. The zero-order chi connectivity index (χ0) is 34.6. The summed E-state index contributed by atoms with van der Waals surface area (Å²) >= 11 is 0. The number of hydrogen-bond acceptors (Lipinski definition) is 2. The molecule has 3 heteroatoms. The molecule has 0 radical (unpaired) electrons. The fraction of sp³-hybridized carbons (Fsp3) is 0.0204. The number of hydrogen-bond donors (Lipinski definition) is 0. The third kappa shape index (κ3) is 4.56. The average Bonchev–Trinajstić information content (AvgIpc) is 3.74. The number of furan rings is 1. The van der Waals surface area contributed by atoms with E-state index in [1.165, 1.54) is 45.5 Å². The zero-order valence-electron chi connectivity index (χ0n) is 28.2. The summed E-state index contributed by atoms with van der Waals surface area (Å²) in [5.74, 6) is -0.269. The van der Waals surface area contributed by atoms with E-state index in [4.69, 9.17) is 4.42 Å². The van der Waals surface area contributed by atoms with Crippen LogP contribution in [0.15, 0.2) is 199 Å². The van der Waals surface area contributed by atoms with Crippen LogP contribution in [0.4, 0.5) is 21.5 Å². The number of fused-ring (bicyclic) bond motifs is 6. The predicted octanol–water partition coefficient (Wildman–Crippen LogP) is 13.2. The second-order valence-corrected chi connectivity index (χ2v) is 13.4. The van der Waals surface area contributed by atoms with Crippen molar-refractivity contribution >= 4 is 39.0 Å². The maximum absolute atomic E-state index is 14.4. The molecule has 0 bridgehead atoms. The van der Waals surface area contributed by atoms with Gasteiger partial charge in [-0.2, -0.15) is 0 Å². The Morgan fingerprint density at radius 2 is 0.981 bits per heavy atom. The molecule has 0 spiro atoms. The van der Waals surface area contributed by atoms with E-state index in [-0.39, 0.29) is 5.82 Å². The van der Waals surface area contributed by atoms with Crippen LogP contribution < -0.4 is 4.90 Å². The predicted molar refractivity (Wildman–Crippen MR) is 211 cm³/mol. The molecular weight excluding hydrogens is 638 g/mol. The summed E-state index contributed by atoms with van der Waals surface area (Å²) in [7, 11) is 0. The molecule has 0 amide bonds. The monoisotopic (exact) mass is 669 g/mol. The van der Waals surface area contributed by atoms with Crippen molar-refractivity contribution in [2.24, 2.45) is 0 Å². The van der Waals surface area contributed by atoms with Crippen LogP contribution in [-0.4, -0.2) is 0 Å². The first-order chi connectivity index (χ1) is 25.7. The van der Waals surface area contributed by atoms with Crippen molar-refractivity contribution in [2.75, 3.05) is 4.90 Å². The Morgan fingerprint density at radius 3 is 1.71 bits per heavy atom. The molecular formula is C49H32FNO. The lowest BCUT2D eigenvalue weighted by Crippen LogP contribution is -2.28. The van der Waals surface area contributed by atoms with E-state index in [2.05, 4.69) is 157 Å². The average molecular weight is 670 g/mol. The number of benzene rings is 8. The van der Waals surface area contributed by atoms with Crippen LogP contribution >= 0.6 is 0 Å². The summed E-state index contributed by atoms with van der Waals surface area (Å²) in [6.07, 6.45) is 0. The van der Waals surface area contributed by atoms with Gasteiger partial charge in [0.2, 0.25) is 0 Å². The molecule has 2 nitrogen and oxygen atoms in total. The van der Waals surface area contributed by atoms with Crippen molar-refractivity contribution in [1.29, 1.82) is 0 Å². The molecule has 0 N–H and O–H groups in total. The molecule has 0 atom stereocenters. The number of nitrogens with zero attached hydrogens (tertiary/aromatic N) is 1. The van der Waals surface area contributed by atoms with Crippen LogP contribution in [0.3, 0.4) is 0 Å². The van der Waals surface area contributed by atoms with E-state index < -0.39 is 5.41 Å². The molecule has 1 heterocycles. The van der Waals surface area contributed by atoms with Crippen molar-refractivity contribution in [1.82, 2.24) is 0 Å². The number of anilines is 3. The highest BCUT2D eigenvalue weighted by Gasteiger charge is 2.46. The summed E-state index contributed by atoms with van der Waals surface area (Å²) in [6.45, 7) is 0. The lowest BCUT2D eigenvalue weighted by Gasteiger charge is -2.35. The lowest BCUT2D eigenvalue weighted by molar-refractivity contribution is 0.628. The summed E-state index contributed by atoms with van der Waals surface area (Å²) in [6, 6.07) is 67.0. The van der Waals surface area contributed by atoms with Gasteiger partial charge >= 0.3 is 0 Å². The minimum Gasteiger partial charge on any atom is -0.455 e. The van der Waals surface area contributed by atoms with Gasteiger partial charge in [-0.05, 0) is 93.5 Å². The molecule has 246 valence electrons. The van der Waals surface area contributed by atoms with Gasteiger partial charge in [0, 0.05) is 33.4 Å². The van der Waals surface area contributed by atoms with Gasteiger partial charge < -0.3 is 9.32 Å². The first-order valence-electron chi connectivity index (χ1n) is 17.6. The molecule has 0 aliphatic heterocycles. The Morgan fingerprint density at radius 1 is 0.423 bits per heavy atom. The largest absolute Gasteiger partial charge is 0.455 e. The number of rotatable bonds is 6. The smallest absolute Gasteiger partial charge is 0.143 e. The lowest BCUT2D eigenvalue weighted by atomic mass is 9.67. The van der Waals surface area contributed by atoms with Crippen LogP contribution in [0.5, 0.6) is 0 Å². The van der Waals surface area contributed by atoms with E-state index in [0.717, 1.165) is 50.1 Å². The Kier molecular flexibility index (Phi) is 6.94. The highest BCUT2D eigenvalue weighted by molar-refractivity contribution is 6.09. The molecule has 1 aromatic heterocycles. The maximum atomic E-state index is 14.4. The second-order valence-electron chi connectivity index (χ2n) is 13.4. The summed E-state index contributed by atoms with van der Waals surface area (Å²) in [5, 5.41) is 2.21. The Bertz CT molecular complexity index is 2690. The van der Waals surface area contributed by atoms with E-state index in [9.17, 15) is 4.39 Å². The normalized spacial score (nSPS) is 12.9. The van der Waals surface area contributed by atoms with Crippen molar-refractivity contribution in [3.8, 4) is 22.3 Å². The van der Waals surface area contributed by atoms with Gasteiger partial charge in [0.15, 0.2) is 0 Å². The number of halogens is 1. The van der Waals surface area contributed by atoms with Crippen LogP contribution in [0.2, 0.25) is 0 Å². The molecule has 0 saturated carbocycles. The second kappa shape index (κ2) is 12.0. The van der Waals surface area contributed by atoms with Gasteiger partial charge in [-0.25, -0.2) is 4.39 Å². The van der Waals surface area contributed by atoms with Gasteiger partial charge in [-0.1, -0.05) is 140 Å². The first kappa shape index (κ1) is 30.1. The molecule has 9 aromatic rings. The molecule has 1 aliphatic rings. The molecule has 0 saturated heterocycles. The van der Waals surface area contributed by atoms with Gasteiger partial charge in [0.05, 0.1) is 5.41 Å². The minimum absolute atomic E-state index is 0.269. The molecule has 0 unspecified atom stereocenters. The van der Waals surface area contributed by atoms with Gasteiger partial charge in [-0.15, -0.1) is 0 Å². The molecule has 10 rings (SSSR count). The van der Waals surface area contributed by atoms with E-state index >= 15 is 0 Å². The van der Waals surface area contributed by atoms with E-state index in [1.54, 1.807) is 0 Å². The Balaban J connectivity index is 1.16. The number of para-hydroxylation sites is 2. The first-order valence-corrected chi connectivity index (χ1v) is 17.6. The van der Waals surface area contributed by atoms with Crippen molar-refractivity contribution < 1.29 is 8.81 Å². The standard InChI is InChI=1S/C49H32FNO/c50-36-24-28-38(29-25-36)51(37-26-22-33(23-27-37)40-18-11-19-44-43-17-8-10-21-47(43)52-48(40)44)39-30-31-42-41-16-7-9-20-45(41)49(46(42)32-39,34-12-3-1-4-13-34)35-14-5-2-6-15-35/h1-32H. The van der Waals surface area contributed by atoms with E-state index in [1.807, 2.05) is 30.3 Å². The Labute approximate surface area is 301 Å². The summed E-state index contributed by atoms with van der Waals surface area (Å²) in [4.78, 5) is 2.22. The van der Waals surface area contributed by atoms with Crippen LogP contribution in [-0.2, 0) is 5.41 Å². The van der Waals surface area contributed by atoms with Crippen LogP contribution in [0.25, 0.3) is 44.2 Å². The highest BCUT2D eigenvalue weighted by Crippen LogP contribution is 2.57. The van der Waals surface area contributed by atoms with E-state index in [0.29, 0.717) is 0 Å². The molecule has 52 heavy (non-hydrogen) atoms. The van der Waals surface area contributed by atoms with Crippen molar-refractivity contribution in [3.05, 3.63) is 222 Å². The molecule has 0 fully saturated rings. The van der Waals surface area contributed by atoms with Gasteiger partial charge in [0.1, 0.15) is 17.0 Å². The van der Waals surface area contributed by atoms with Gasteiger partial charge in [-0.3, -0.25) is 0 Å². The SMILES string of the molecule is Fc1ccc(N(c2ccc(-c3cccc4c3oc3ccccc34)cc2)c2ccc3c(c2)C(c2ccccc2)(c2ccccc2)c2ccccc2-3)cc1. The third-order valence-corrected chi connectivity index (χ3v) is 10.6. The molecule has 1 aliphatic carbocycles. The molecule has 8 aromatic carbocycles. The topological polar surface area (TPSA) is 16.4 Å². The summed E-state index contributed by atoms with van der Waals surface area (Å²) in [5.41, 5.74) is 13.5. The highest BCUT2D eigenvalue weighted by atomic mass is 19.1. The quantitative estimate of drug-likeness (QED) is 0.175. The fourth-order valence-electron chi connectivity index (χ4n) is 8.37. The third-order valence-electron chi connectivity index (χ3n) is 10.6. The van der Waals surface area contributed by atoms with Crippen LogP contribution in [0, 0.1) is 5.82 Å². The maximum Gasteiger partial charge on any atom is 0.143 e. The van der Waals surface area contributed by atoms with Gasteiger partial charge in [0.25, 0.3) is 0 Å². The van der Waals surface area contributed by atoms with Crippen molar-refractivity contribution in [3.63, 3.8) is 0 Å². The minimum atomic E-state index is -0.534. The Hall–Kier alpha value is -6.71. The van der Waals surface area contributed by atoms with Crippen molar-refractivity contribution in [2.45, 2.75) is 5.41 Å². The van der Waals surface area contributed by atoms with Crippen LogP contribution in [0.1, 0.15) is 22.3 Å². The summed E-state index contributed by atoms with van der Waals surface area (Å²) < 4.78 is 20.8.